The van der Waals surface area contributed by atoms with E-state index in [-0.39, 0.29) is 28.6 Å². The van der Waals surface area contributed by atoms with Crippen LogP contribution in [-0.2, 0) is 9.53 Å². The molecule has 2 saturated heterocycles. The molecule has 5 rings (SSSR count). The van der Waals surface area contributed by atoms with Gasteiger partial charge in [-0.3, -0.25) is 9.89 Å². The molecule has 0 aromatic heterocycles. The number of carbonyl (C=O) groups is 1. The van der Waals surface area contributed by atoms with Gasteiger partial charge in [0.25, 0.3) is 0 Å². The monoisotopic (exact) mass is 602 g/mol. The molecular weight excluding hydrogens is 565 g/mol. The Morgan fingerprint density at radius 3 is 2.31 bits per heavy atom. The molecule has 0 radical (unpaired) electrons. The molecule has 2 fully saturated rings. The number of ether oxygens (including phenoxy) is 1. The number of benzene rings is 2. The first-order valence-electron chi connectivity index (χ1n) is 14.8. The SMILES string of the molecule is CCOC(=O)C1=C(CN2CCC(C)CC2)NC(c2c(F)cc(F)cc2N2CCC(C)CC2)=NC1c1ccc(F)cc1Cl. The molecule has 226 valence electrons. The van der Waals surface area contributed by atoms with Crippen LogP contribution in [0, 0.1) is 29.3 Å². The maximum atomic E-state index is 15.8. The van der Waals surface area contributed by atoms with Gasteiger partial charge in [-0.15, -0.1) is 0 Å². The highest BCUT2D eigenvalue weighted by molar-refractivity contribution is 6.31. The van der Waals surface area contributed by atoms with E-state index in [0.717, 1.165) is 44.8 Å². The summed E-state index contributed by atoms with van der Waals surface area (Å²) in [6.45, 7) is 9.59. The Balaban J connectivity index is 1.66. The number of amidine groups is 1. The predicted molar refractivity (Wildman–Crippen MR) is 159 cm³/mol. The lowest BCUT2D eigenvalue weighted by Gasteiger charge is -2.36. The number of likely N-dealkylation sites (tertiary alicyclic amines) is 1. The number of carbonyl (C=O) groups excluding carboxylic acids is 1. The predicted octanol–water partition coefficient (Wildman–Crippen LogP) is 6.63. The van der Waals surface area contributed by atoms with Gasteiger partial charge in [-0.1, -0.05) is 31.5 Å². The highest BCUT2D eigenvalue weighted by atomic mass is 35.5. The third-order valence-electron chi connectivity index (χ3n) is 8.53. The molecule has 1 unspecified atom stereocenters. The van der Waals surface area contributed by atoms with E-state index in [1.165, 1.54) is 24.3 Å². The topological polar surface area (TPSA) is 57.2 Å². The number of piperidine rings is 2. The van der Waals surface area contributed by atoms with Crippen LogP contribution >= 0.6 is 11.6 Å². The summed E-state index contributed by atoms with van der Waals surface area (Å²) in [5, 5.41) is 3.36. The summed E-state index contributed by atoms with van der Waals surface area (Å²) in [5.74, 6) is -1.26. The van der Waals surface area contributed by atoms with E-state index >= 15 is 4.39 Å². The first kappa shape index (κ1) is 30.4. The van der Waals surface area contributed by atoms with Crippen molar-refractivity contribution in [3.63, 3.8) is 0 Å². The van der Waals surface area contributed by atoms with Gasteiger partial charge in [-0.25, -0.2) is 18.0 Å². The molecule has 3 aliphatic heterocycles. The molecule has 0 aliphatic carbocycles. The Labute approximate surface area is 250 Å². The van der Waals surface area contributed by atoms with Crippen LogP contribution in [0.1, 0.15) is 63.6 Å². The average Bonchev–Trinajstić information content (AvgIpc) is 2.94. The van der Waals surface area contributed by atoms with Gasteiger partial charge in [-0.05, 0) is 75.7 Å². The summed E-state index contributed by atoms with van der Waals surface area (Å²) < 4.78 is 50.0. The standard InChI is InChI=1S/C32H38ClF3N4O2/c1-4-42-32(41)29-26(18-39-11-7-19(2)8-12-39)37-31(38-30(29)23-6-5-21(34)15-24(23)33)28-25(36)16-22(35)17-27(28)40-13-9-20(3)10-14-40/h5-6,15-17,19-20,30H,4,7-14,18H2,1-3H3,(H,37,38). The van der Waals surface area contributed by atoms with Gasteiger partial charge in [0.1, 0.15) is 29.3 Å². The average molecular weight is 603 g/mol. The molecule has 10 heteroatoms. The van der Waals surface area contributed by atoms with Gasteiger partial charge in [0.05, 0.1) is 23.4 Å². The van der Waals surface area contributed by atoms with Crippen molar-refractivity contribution >= 4 is 29.1 Å². The number of halogens is 4. The van der Waals surface area contributed by atoms with Crippen LogP contribution in [0.2, 0.25) is 5.02 Å². The fraction of sp³-hybridized carbons (Fsp3) is 0.500. The molecule has 0 saturated carbocycles. The Hall–Kier alpha value is -3.04. The minimum atomic E-state index is -0.995. The van der Waals surface area contributed by atoms with Crippen molar-refractivity contribution in [2.24, 2.45) is 16.8 Å². The highest BCUT2D eigenvalue weighted by Crippen LogP contribution is 2.39. The zero-order chi connectivity index (χ0) is 30.0. The van der Waals surface area contributed by atoms with E-state index in [2.05, 4.69) is 24.1 Å². The summed E-state index contributed by atoms with van der Waals surface area (Å²) in [6, 6.07) is 5.11. The van der Waals surface area contributed by atoms with E-state index in [4.69, 9.17) is 21.3 Å². The fourth-order valence-electron chi connectivity index (χ4n) is 5.98. The lowest BCUT2D eigenvalue weighted by atomic mass is 9.93. The fourth-order valence-corrected chi connectivity index (χ4v) is 6.25. The Kier molecular flexibility index (Phi) is 9.47. The molecular formula is C32H38ClF3N4O2. The minimum Gasteiger partial charge on any atom is -0.463 e. The third-order valence-corrected chi connectivity index (χ3v) is 8.86. The van der Waals surface area contributed by atoms with Crippen molar-refractivity contribution < 1.29 is 22.7 Å². The number of aliphatic imine (C=N–C) groups is 1. The molecule has 0 bridgehead atoms. The minimum absolute atomic E-state index is 0.0859. The second kappa shape index (κ2) is 13.1. The lowest BCUT2D eigenvalue weighted by Crippen LogP contribution is -2.43. The van der Waals surface area contributed by atoms with Crippen molar-refractivity contribution in [2.45, 2.75) is 52.5 Å². The maximum Gasteiger partial charge on any atom is 0.338 e. The first-order valence-corrected chi connectivity index (χ1v) is 15.2. The quantitative estimate of drug-likeness (QED) is 0.360. The zero-order valence-corrected chi connectivity index (χ0v) is 25.1. The molecule has 1 atom stereocenters. The summed E-state index contributed by atoms with van der Waals surface area (Å²) in [7, 11) is 0. The van der Waals surface area contributed by atoms with Crippen LogP contribution in [0.15, 0.2) is 46.6 Å². The van der Waals surface area contributed by atoms with Crippen molar-refractivity contribution in [1.29, 1.82) is 0 Å². The molecule has 42 heavy (non-hydrogen) atoms. The smallest absolute Gasteiger partial charge is 0.338 e. The molecule has 3 heterocycles. The number of nitrogens with one attached hydrogen (secondary N) is 1. The van der Waals surface area contributed by atoms with Gasteiger partial charge in [0.15, 0.2) is 0 Å². The zero-order valence-electron chi connectivity index (χ0n) is 24.4. The second-order valence-corrected chi connectivity index (χ2v) is 12.1. The van der Waals surface area contributed by atoms with Gasteiger partial charge in [0.2, 0.25) is 0 Å². The number of hydrogen-bond acceptors (Lipinski definition) is 6. The molecule has 2 aromatic carbocycles. The van der Waals surface area contributed by atoms with Crippen LogP contribution in [-0.4, -0.2) is 56.0 Å². The van der Waals surface area contributed by atoms with Crippen LogP contribution in [0.5, 0.6) is 0 Å². The van der Waals surface area contributed by atoms with E-state index in [0.29, 0.717) is 48.4 Å². The van der Waals surface area contributed by atoms with E-state index < -0.39 is 29.5 Å². The molecule has 3 aliphatic rings. The molecule has 2 aromatic rings. The van der Waals surface area contributed by atoms with E-state index in [9.17, 15) is 13.6 Å². The van der Waals surface area contributed by atoms with Gasteiger partial charge >= 0.3 is 5.97 Å². The Bertz CT molecular complexity index is 1380. The maximum absolute atomic E-state index is 15.8. The van der Waals surface area contributed by atoms with Gasteiger partial charge in [-0.2, -0.15) is 0 Å². The van der Waals surface area contributed by atoms with Crippen molar-refractivity contribution in [3.05, 3.63) is 75.2 Å². The summed E-state index contributed by atoms with van der Waals surface area (Å²) >= 11 is 6.53. The Morgan fingerprint density at radius 1 is 1.00 bits per heavy atom. The van der Waals surface area contributed by atoms with Crippen LogP contribution < -0.4 is 10.2 Å². The molecule has 0 amide bonds. The summed E-state index contributed by atoms with van der Waals surface area (Å²) in [4.78, 5) is 22.6. The second-order valence-electron chi connectivity index (χ2n) is 11.7. The number of rotatable bonds is 7. The third kappa shape index (κ3) is 6.62. The number of hydrogen-bond donors (Lipinski definition) is 1. The van der Waals surface area contributed by atoms with Crippen LogP contribution in [0.4, 0.5) is 18.9 Å². The number of esters is 1. The number of anilines is 1. The molecule has 0 spiro atoms. The number of nitrogens with zero attached hydrogens (tertiary/aromatic N) is 3. The largest absolute Gasteiger partial charge is 0.463 e. The van der Waals surface area contributed by atoms with E-state index in [1.807, 2.05) is 4.90 Å². The molecule has 6 nitrogen and oxygen atoms in total. The first-order chi connectivity index (χ1) is 20.1. The highest BCUT2D eigenvalue weighted by Gasteiger charge is 2.36. The normalized spacial score (nSPS) is 20.9. The van der Waals surface area contributed by atoms with Crippen molar-refractivity contribution in [3.8, 4) is 0 Å². The van der Waals surface area contributed by atoms with Crippen molar-refractivity contribution in [2.75, 3.05) is 44.2 Å². The lowest BCUT2D eigenvalue weighted by molar-refractivity contribution is -0.139. The Morgan fingerprint density at radius 2 is 1.67 bits per heavy atom. The van der Waals surface area contributed by atoms with Crippen LogP contribution in [0.3, 0.4) is 0 Å². The van der Waals surface area contributed by atoms with Crippen LogP contribution in [0.25, 0.3) is 0 Å². The summed E-state index contributed by atoms with van der Waals surface area (Å²) in [5.41, 5.74) is 1.67. The van der Waals surface area contributed by atoms with Gasteiger partial charge in [0, 0.05) is 42.0 Å². The summed E-state index contributed by atoms with van der Waals surface area (Å²) in [6.07, 6.45) is 3.83. The van der Waals surface area contributed by atoms with Gasteiger partial charge < -0.3 is 15.0 Å². The molecule has 1 N–H and O–H groups in total. The van der Waals surface area contributed by atoms with E-state index in [1.54, 1.807) is 6.92 Å². The van der Waals surface area contributed by atoms with Crippen molar-refractivity contribution in [1.82, 2.24) is 10.2 Å².